The van der Waals surface area contributed by atoms with E-state index in [0.29, 0.717) is 0 Å². The molecule has 6 heavy (non-hydrogen) atoms. The Labute approximate surface area is 37.7 Å². The molecule has 1 aliphatic carbocycles. The number of nitrogens with one attached hydrogen (secondary N) is 1. The molecule has 1 heterocycles. The molecule has 0 bridgehead atoms. The summed E-state index contributed by atoms with van der Waals surface area (Å²) in [6.45, 7) is 1.31. The fourth-order valence-electron chi connectivity index (χ4n) is 1.22. The summed E-state index contributed by atoms with van der Waals surface area (Å²) in [6.07, 6.45) is 2.95. The van der Waals surface area contributed by atoms with Gasteiger partial charge in [-0.15, -0.1) is 0 Å². The predicted octanol–water partition coefficient (Wildman–Crippen LogP) is 0.368. The molecule has 0 aromatic rings. The molecule has 2 fully saturated rings. The lowest BCUT2D eigenvalue weighted by molar-refractivity contribution is 0.111. The van der Waals surface area contributed by atoms with Crippen LogP contribution >= 0.6 is 0 Å². The third-order valence-electron chi connectivity index (χ3n) is 2.06. The van der Waals surface area contributed by atoms with Crippen LogP contribution in [0.1, 0.15) is 12.8 Å². The molecule has 0 radical (unpaired) electrons. The lowest BCUT2D eigenvalue weighted by Gasteiger charge is -2.47. The van der Waals surface area contributed by atoms with E-state index in [2.05, 4.69) is 5.32 Å². The standard InChI is InChI=1S/C5H9N/c1-2-5-4(1)3-6-5/h4-6H,1-3H2/t4-,5?/m1/s1. The molecule has 2 rings (SSSR count). The highest BCUT2D eigenvalue weighted by molar-refractivity contribution is 4.96. The second-order valence-corrected chi connectivity index (χ2v) is 2.35. The minimum absolute atomic E-state index is 0.963. The molecule has 0 spiro atoms. The summed E-state index contributed by atoms with van der Waals surface area (Å²) in [4.78, 5) is 0. The Kier molecular flexibility index (Phi) is 0.396. The van der Waals surface area contributed by atoms with Crippen molar-refractivity contribution in [3.8, 4) is 0 Å². The monoisotopic (exact) mass is 83.1 g/mol. The lowest BCUT2D eigenvalue weighted by atomic mass is 9.74. The molecule has 1 heteroatoms. The van der Waals surface area contributed by atoms with Crippen LogP contribution in [0.25, 0.3) is 0 Å². The average Bonchev–Trinajstić information content (AvgIpc) is 1.54. The molecule has 1 saturated carbocycles. The number of fused-ring (bicyclic) bond motifs is 1. The van der Waals surface area contributed by atoms with Gasteiger partial charge >= 0.3 is 0 Å². The van der Waals surface area contributed by atoms with Crippen LogP contribution in [0.5, 0.6) is 0 Å². The van der Waals surface area contributed by atoms with Crippen molar-refractivity contribution in [1.29, 1.82) is 0 Å². The van der Waals surface area contributed by atoms with E-state index in [1.807, 2.05) is 0 Å². The molecular formula is C5H9N. The second kappa shape index (κ2) is 0.784. The van der Waals surface area contributed by atoms with Crippen LogP contribution in [0.2, 0.25) is 0 Å². The van der Waals surface area contributed by atoms with Gasteiger partial charge in [-0.3, -0.25) is 0 Å². The minimum Gasteiger partial charge on any atom is -0.313 e. The zero-order valence-corrected chi connectivity index (χ0v) is 3.78. The first-order valence-electron chi connectivity index (χ1n) is 2.70. The van der Waals surface area contributed by atoms with Gasteiger partial charge in [0.25, 0.3) is 0 Å². The minimum atomic E-state index is 0.963. The van der Waals surface area contributed by atoms with Crippen LogP contribution < -0.4 is 5.32 Å². The fraction of sp³-hybridized carbons (Fsp3) is 1.00. The molecule has 1 N–H and O–H groups in total. The maximum absolute atomic E-state index is 3.34. The van der Waals surface area contributed by atoms with Gasteiger partial charge in [0, 0.05) is 6.04 Å². The van der Waals surface area contributed by atoms with E-state index >= 15 is 0 Å². The van der Waals surface area contributed by atoms with E-state index in [1.165, 1.54) is 19.4 Å². The van der Waals surface area contributed by atoms with Gasteiger partial charge in [-0.2, -0.15) is 0 Å². The predicted molar refractivity (Wildman–Crippen MR) is 24.5 cm³/mol. The number of piperidine rings is 1. The molecule has 0 amide bonds. The van der Waals surface area contributed by atoms with Gasteiger partial charge in [0.2, 0.25) is 0 Å². The Bertz CT molecular complexity index is 52.3. The van der Waals surface area contributed by atoms with Crippen LogP contribution in [0.4, 0.5) is 0 Å². The average molecular weight is 83.1 g/mol. The molecular weight excluding hydrogens is 74.1 g/mol. The molecule has 1 saturated heterocycles. The van der Waals surface area contributed by atoms with E-state index < -0.39 is 0 Å². The molecule has 0 aromatic carbocycles. The van der Waals surface area contributed by atoms with Crippen LogP contribution in [-0.2, 0) is 0 Å². The quantitative estimate of drug-likeness (QED) is 0.446. The topological polar surface area (TPSA) is 12.0 Å². The van der Waals surface area contributed by atoms with Gasteiger partial charge < -0.3 is 5.32 Å². The van der Waals surface area contributed by atoms with E-state index in [1.54, 1.807) is 0 Å². The summed E-state index contributed by atoms with van der Waals surface area (Å²) in [7, 11) is 0. The molecule has 2 atom stereocenters. The zero-order chi connectivity index (χ0) is 3.98. The van der Waals surface area contributed by atoms with Crippen LogP contribution in [0, 0.1) is 5.92 Å². The number of hydrogen-bond donors (Lipinski definition) is 1. The number of rotatable bonds is 0. The first-order valence-corrected chi connectivity index (χ1v) is 2.70. The van der Waals surface area contributed by atoms with Crippen molar-refractivity contribution in [2.75, 3.05) is 6.54 Å². The van der Waals surface area contributed by atoms with E-state index in [9.17, 15) is 0 Å². The summed E-state index contributed by atoms with van der Waals surface area (Å²) in [5.41, 5.74) is 0. The Morgan fingerprint density at radius 1 is 1.33 bits per heavy atom. The summed E-state index contributed by atoms with van der Waals surface area (Å²) >= 11 is 0. The first-order chi connectivity index (χ1) is 2.97. The van der Waals surface area contributed by atoms with Gasteiger partial charge in [0.1, 0.15) is 0 Å². The van der Waals surface area contributed by atoms with Crippen molar-refractivity contribution in [3.05, 3.63) is 0 Å². The number of hydrogen-bond acceptors (Lipinski definition) is 1. The smallest absolute Gasteiger partial charge is 0.0108 e. The molecule has 1 aliphatic heterocycles. The molecule has 2 aliphatic rings. The first kappa shape index (κ1) is 3.03. The molecule has 34 valence electrons. The van der Waals surface area contributed by atoms with Gasteiger partial charge in [-0.05, 0) is 25.3 Å². The maximum atomic E-state index is 3.34. The van der Waals surface area contributed by atoms with Gasteiger partial charge in [0.15, 0.2) is 0 Å². The van der Waals surface area contributed by atoms with Gasteiger partial charge in [0.05, 0.1) is 0 Å². The van der Waals surface area contributed by atoms with Crippen molar-refractivity contribution in [1.82, 2.24) is 5.32 Å². The second-order valence-electron chi connectivity index (χ2n) is 2.35. The van der Waals surface area contributed by atoms with Crippen molar-refractivity contribution >= 4 is 0 Å². The van der Waals surface area contributed by atoms with Gasteiger partial charge in [-0.25, -0.2) is 0 Å². The van der Waals surface area contributed by atoms with E-state index in [0.717, 1.165) is 12.0 Å². The third-order valence-corrected chi connectivity index (χ3v) is 2.06. The molecule has 1 nitrogen and oxygen atoms in total. The Morgan fingerprint density at radius 2 is 2.17 bits per heavy atom. The van der Waals surface area contributed by atoms with Gasteiger partial charge in [-0.1, -0.05) is 0 Å². The van der Waals surface area contributed by atoms with Crippen molar-refractivity contribution in [3.63, 3.8) is 0 Å². The largest absolute Gasteiger partial charge is 0.313 e. The Hall–Kier alpha value is -0.0400. The van der Waals surface area contributed by atoms with E-state index in [4.69, 9.17) is 0 Å². The third kappa shape index (κ3) is 0.178. The maximum Gasteiger partial charge on any atom is 0.0108 e. The summed E-state index contributed by atoms with van der Waals surface area (Å²) in [6, 6.07) is 0.963. The molecule has 1 unspecified atom stereocenters. The van der Waals surface area contributed by atoms with E-state index in [-0.39, 0.29) is 0 Å². The van der Waals surface area contributed by atoms with Crippen LogP contribution in [-0.4, -0.2) is 12.6 Å². The summed E-state index contributed by atoms with van der Waals surface area (Å²) < 4.78 is 0. The fourth-order valence-corrected chi connectivity index (χ4v) is 1.22. The summed E-state index contributed by atoms with van der Waals surface area (Å²) in [5.74, 6) is 1.10. The van der Waals surface area contributed by atoms with Crippen molar-refractivity contribution in [2.24, 2.45) is 5.92 Å². The van der Waals surface area contributed by atoms with Crippen LogP contribution in [0.3, 0.4) is 0 Å². The van der Waals surface area contributed by atoms with Crippen molar-refractivity contribution < 1.29 is 0 Å². The highest BCUT2D eigenvalue weighted by Crippen LogP contribution is 2.32. The normalized spacial score (nSPS) is 52.0. The summed E-state index contributed by atoms with van der Waals surface area (Å²) in [5, 5.41) is 3.34. The Morgan fingerprint density at radius 3 is 2.17 bits per heavy atom. The van der Waals surface area contributed by atoms with Crippen LogP contribution in [0.15, 0.2) is 0 Å². The molecule has 0 aromatic heterocycles. The zero-order valence-electron chi connectivity index (χ0n) is 3.78. The highest BCUT2D eigenvalue weighted by Gasteiger charge is 2.37. The highest BCUT2D eigenvalue weighted by atomic mass is 15.0. The lowest BCUT2D eigenvalue weighted by Crippen LogP contribution is -2.59. The van der Waals surface area contributed by atoms with Crippen molar-refractivity contribution in [2.45, 2.75) is 18.9 Å². The SMILES string of the molecule is C1C[C@@H]2CNC12. The Balaban J connectivity index is 2.03.